The lowest BCUT2D eigenvalue weighted by molar-refractivity contribution is -0.156. The lowest BCUT2D eigenvalue weighted by Crippen LogP contribution is -2.42. The summed E-state index contributed by atoms with van der Waals surface area (Å²) in [4.78, 5) is 28.4. The van der Waals surface area contributed by atoms with Crippen LogP contribution >= 0.6 is 15.9 Å². The smallest absolute Gasteiger partial charge is 0.335 e. The number of halogens is 1. The molecule has 0 unspecified atom stereocenters. The first-order valence-electron chi connectivity index (χ1n) is 14.3. The molecule has 3 N–H and O–H groups in total. The molecule has 1 aromatic heterocycles. The topological polar surface area (TPSA) is 149 Å². The molecule has 0 radical (unpaired) electrons. The number of aliphatic hydroxyl groups is 2. The first-order valence-corrected chi connectivity index (χ1v) is 15.2. The van der Waals surface area contributed by atoms with E-state index in [1.807, 2.05) is 13.8 Å². The average molecular weight is 655 g/mol. The second kappa shape index (κ2) is 14.4. The maximum Gasteiger partial charge on any atom is 0.335 e. The zero-order valence-electron chi connectivity index (χ0n) is 25.2. The highest BCUT2D eigenvalue weighted by Crippen LogP contribution is 2.43. The van der Waals surface area contributed by atoms with Gasteiger partial charge in [-0.1, -0.05) is 54.1 Å². The van der Waals surface area contributed by atoms with Crippen LogP contribution in [0.1, 0.15) is 71.9 Å². The highest BCUT2D eigenvalue weighted by Gasteiger charge is 2.55. The van der Waals surface area contributed by atoms with E-state index in [1.54, 1.807) is 44.6 Å². The molecular formula is C31H44BrNO9. The van der Waals surface area contributed by atoms with Crippen molar-refractivity contribution in [2.75, 3.05) is 7.11 Å². The number of nitrogens with zero attached hydrogens (tertiary/aromatic N) is 1. The van der Waals surface area contributed by atoms with E-state index in [0.29, 0.717) is 30.8 Å². The number of ether oxygens (including phenoxy) is 3. The first-order chi connectivity index (χ1) is 19.7. The SMILES string of the molecule is CO[C@H]1C[C@@H](C)CCc2nc(co2)C(C)=C[C@H](O)[C@@H](C)C=CC(=O)O[C@@H]2[C@@H]1O[C@](C)(CC=CC[C@](C)(O)C(=O)O)[C@H]2Br. The fraction of sp³-hybridized carbons (Fsp3) is 0.645. The van der Waals surface area contributed by atoms with E-state index >= 15 is 0 Å². The van der Waals surface area contributed by atoms with Gasteiger partial charge >= 0.3 is 11.9 Å². The molecule has 42 heavy (non-hydrogen) atoms. The molecule has 1 aromatic rings. The summed E-state index contributed by atoms with van der Waals surface area (Å²) in [6.45, 7) is 8.90. The van der Waals surface area contributed by atoms with Gasteiger partial charge < -0.3 is 33.9 Å². The lowest BCUT2D eigenvalue weighted by atomic mass is 9.91. The molecule has 1 saturated heterocycles. The number of oxazole rings is 1. The van der Waals surface area contributed by atoms with Crippen LogP contribution in [0.15, 0.2) is 41.1 Å². The van der Waals surface area contributed by atoms with Gasteiger partial charge in [0.2, 0.25) is 0 Å². The third-order valence-electron chi connectivity index (χ3n) is 8.12. The van der Waals surface area contributed by atoms with Crippen molar-refractivity contribution in [3.05, 3.63) is 48.2 Å². The molecule has 0 saturated carbocycles. The quantitative estimate of drug-likeness (QED) is 0.225. The number of aliphatic carboxylic acids is 1. The standard InChI is InChI=1S/C31H44BrNO9/c1-18-9-11-24-33-21(17-40-24)20(3)16-22(34)19(2)10-12-25(35)41-27-26(23(15-18)39-6)42-31(5,28(27)32)14-8-7-13-30(4,38)29(36)37/h7-8,10,12,16-19,22-23,26-28,34,38H,9,11,13-15H2,1-6H3,(H,36,37)/t18-,19-,22-,23-,26+,27+,28-,30-,31+/m0/s1. The highest BCUT2D eigenvalue weighted by atomic mass is 79.9. The maximum atomic E-state index is 13.0. The first kappa shape index (κ1) is 34.2. The van der Waals surface area contributed by atoms with Crippen LogP contribution in [0.2, 0.25) is 0 Å². The Morgan fingerprint density at radius 1 is 1.31 bits per heavy atom. The largest absolute Gasteiger partial charge is 0.479 e. The average Bonchev–Trinajstić information content (AvgIpc) is 3.50. The van der Waals surface area contributed by atoms with E-state index in [1.165, 1.54) is 13.0 Å². The molecule has 11 heteroatoms. The molecule has 2 aliphatic heterocycles. The van der Waals surface area contributed by atoms with Crippen molar-refractivity contribution in [1.29, 1.82) is 0 Å². The number of rotatable bonds is 6. The van der Waals surface area contributed by atoms with Crippen molar-refractivity contribution in [2.45, 2.75) is 107 Å². The van der Waals surface area contributed by atoms with Crippen LogP contribution in [0.5, 0.6) is 0 Å². The molecule has 9 atom stereocenters. The van der Waals surface area contributed by atoms with Crippen molar-refractivity contribution >= 4 is 33.4 Å². The number of allylic oxidation sites excluding steroid dienone is 1. The predicted molar refractivity (Wildman–Crippen MR) is 160 cm³/mol. The minimum atomic E-state index is -1.88. The minimum Gasteiger partial charge on any atom is -0.479 e. The van der Waals surface area contributed by atoms with E-state index < -0.39 is 52.4 Å². The number of carbonyl (C=O) groups is 2. The van der Waals surface area contributed by atoms with Gasteiger partial charge in [-0.25, -0.2) is 14.6 Å². The van der Waals surface area contributed by atoms with Crippen LogP contribution in [0.3, 0.4) is 0 Å². The van der Waals surface area contributed by atoms with E-state index in [9.17, 15) is 24.9 Å². The van der Waals surface area contributed by atoms with Gasteiger partial charge in [0.25, 0.3) is 0 Å². The number of carbonyl (C=O) groups excluding carboxylic acids is 1. The third-order valence-corrected chi connectivity index (χ3v) is 9.61. The number of aromatic nitrogens is 1. The molecule has 0 amide bonds. The highest BCUT2D eigenvalue weighted by molar-refractivity contribution is 9.09. The van der Waals surface area contributed by atoms with Crippen LogP contribution in [0, 0.1) is 11.8 Å². The Morgan fingerprint density at radius 2 is 2.02 bits per heavy atom. The summed E-state index contributed by atoms with van der Waals surface area (Å²) in [5, 5.41) is 29.9. The lowest BCUT2D eigenvalue weighted by Gasteiger charge is -2.29. The molecular weight excluding hydrogens is 610 g/mol. The van der Waals surface area contributed by atoms with Gasteiger partial charge in [0, 0.05) is 31.9 Å². The molecule has 2 bridgehead atoms. The van der Waals surface area contributed by atoms with E-state index in [-0.39, 0.29) is 18.3 Å². The fourth-order valence-electron chi connectivity index (χ4n) is 5.12. The van der Waals surface area contributed by atoms with Gasteiger partial charge in [0.15, 0.2) is 11.5 Å². The van der Waals surface area contributed by atoms with Crippen molar-refractivity contribution in [1.82, 2.24) is 4.98 Å². The predicted octanol–water partition coefficient (Wildman–Crippen LogP) is 4.62. The molecule has 234 valence electrons. The summed E-state index contributed by atoms with van der Waals surface area (Å²) >= 11 is 3.73. The molecule has 3 heterocycles. The second-order valence-corrected chi connectivity index (χ2v) is 13.0. The Hall–Kier alpha value is -2.31. The van der Waals surface area contributed by atoms with Crippen molar-refractivity contribution in [3.63, 3.8) is 0 Å². The molecule has 2 aliphatic rings. The normalized spacial score (nSPS) is 34.6. The molecule has 0 aliphatic carbocycles. The number of hydrogen-bond acceptors (Lipinski definition) is 9. The summed E-state index contributed by atoms with van der Waals surface area (Å²) in [6, 6.07) is 0. The van der Waals surface area contributed by atoms with Gasteiger partial charge in [-0.2, -0.15) is 0 Å². The van der Waals surface area contributed by atoms with Crippen molar-refractivity contribution in [3.8, 4) is 0 Å². The number of hydrogen-bond donors (Lipinski definition) is 3. The van der Waals surface area contributed by atoms with Crippen molar-refractivity contribution in [2.24, 2.45) is 11.8 Å². The van der Waals surface area contributed by atoms with Gasteiger partial charge in [-0.15, -0.1) is 0 Å². The summed E-state index contributed by atoms with van der Waals surface area (Å²) in [6.07, 6.45) is 9.38. The second-order valence-electron chi connectivity index (χ2n) is 12.0. The number of aryl methyl sites for hydroxylation is 1. The number of carboxylic acid groups (broad SMARTS) is 1. The Balaban J connectivity index is 1.88. The Morgan fingerprint density at radius 3 is 2.69 bits per heavy atom. The number of aliphatic hydroxyl groups excluding tert-OH is 1. The number of esters is 1. The molecule has 0 aromatic carbocycles. The van der Waals surface area contributed by atoms with Gasteiger partial charge in [0.05, 0.1) is 22.6 Å². The van der Waals surface area contributed by atoms with Gasteiger partial charge in [-0.3, -0.25) is 0 Å². The monoisotopic (exact) mass is 653 g/mol. The number of fused-ring (bicyclic) bond motifs is 3. The van der Waals surface area contributed by atoms with E-state index in [0.717, 1.165) is 12.0 Å². The Kier molecular flexibility index (Phi) is 11.8. The molecule has 3 rings (SSSR count). The van der Waals surface area contributed by atoms with Crippen molar-refractivity contribution < 1.29 is 43.5 Å². The number of carboxylic acids is 1. The van der Waals surface area contributed by atoms with Crippen LogP contribution in [0.4, 0.5) is 0 Å². The molecule has 1 fully saturated rings. The minimum absolute atomic E-state index is 0.0685. The van der Waals surface area contributed by atoms with Crippen LogP contribution < -0.4 is 0 Å². The van der Waals surface area contributed by atoms with E-state index in [2.05, 4.69) is 27.8 Å². The summed E-state index contributed by atoms with van der Waals surface area (Å²) < 4.78 is 24.2. The number of methoxy groups -OCH3 is 1. The zero-order chi connectivity index (χ0) is 31.2. The third kappa shape index (κ3) is 8.63. The summed E-state index contributed by atoms with van der Waals surface area (Å²) in [7, 11) is 1.61. The maximum absolute atomic E-state index is 13.0. The van der Waals surface area contributed by atoms with Crippen LogP contribution in [-0.4, -0.2) is 79.8 Å². The summed E-state index contributed by atoms with van der Waals surface area (Å²) in [5.74, 6) is -1.43. The number of alkyl halides is 1. The van der Waals surface area contributed by atoms with Gasteiger partial charge in [0.1, 0.15) is 24.2 Å². The zero-order valence-corrected chi connectivity index (χ0v) is 26.7. The van der Waals surface area contributed by atoms with Crippen LogP contribution in [-0.2, 0) is 30.2 Å². The van der Waals surface area contributed by atoms with Crippen LogP contribution in [0.25, 0.3) is 5.57 Å². The Bertz CT molecular complexity index is 1170. The molecule has 10 nitrogen and oxygen atoms in total. The molecule has 0 spiro atoms. The summed E-state index contributed by atoms with van der Waals surface area (Å²) in [5.41, 5.74) is -1.27. The Labute approximate surface area is 255 Å². The fourth-order valence-corrected chi connectivity index (χ4v) is 5.82. The van der Waals surface area contributed by atoms with E-state index in [4.69, 9.17) is 18.6 Å². The van der Waals surface area contributed by atoms with Gasteiger partial charge in [-0.05, 0) is 51.5 Å².